The van der Waals surface area contributed by atoms with Crippen molar-refractivity contribution in [2.75, 3.05) is 0 Å². The molecule has 0 aliphatic rings. The highest BCUT2D eigenvalue weighted by Crippen LogP contribution is 2.18. The van der Waals surface area contributed by atoms with Gasteiger partial charge in [-0.1, -0.05) is 50.2 Å². The average molecular weight is 269 g/mol. The van der Waals surface area contributed by atoms with Gasteiger partial charge in [0, 0.05) is 6.04 Å². The van der Waals surface area contributed by atoms with Crippen LogP contribution in [0.2, 0.25) is 0 Å². The number of benzene rings is 2. The van der Waals surface area contributed by atoms with Crippen molar-refractivity contribution >= 4 is 0 Å². The molecule has 0 aromatic heterocycles. The second kappa shape index (κ2) is 6.58. The van der Waals surface area contributed by atoms with Crippen molar-refractivity contribution < 1.29 is 4.74 Å². The zero-order valence-corrected chi connectivity index (χ0v) is 12.5. The molecule has 0 heterocycles. The fourth-order valence-corrected chi connectivity index (χ4v) is 2.03. The van der Waals surface area contributed by atoms with Crippen LogP contribution >= 0.6 is 0 Å². The number of rotatable bonds is 5. The Morgan fingerprint density at radius 2 is 1.40 bits per heavy atom. The first kappa shape index (κ1) is 14.6. The predicted molar refractivity (Wildman–Crippen MR) is 83.9 cm³/mol. The summed E-state index contributed by atoms with van der Waals surface area (Å²) in [6, 6.07) is 16.6. The molecular formula is C18H23NO. The van der Waals surface area contributed by atoms with Crippen LogP contribution in [0.15, 0.2) is 48.5 Å². The number of hydrogen-bond acceptors (Lipinski definition) is 2. The Kier molecular flexibility index (Phi) is 4.80. The minimum absolute atomic E-state index is 0.0626. The van der Waals surface area contributed by atoms with E-state index in [0.717, 1.165) is 11.3 Å². The molecule has 2 N–H and O–H groups in total. The molecule has 0 bridgehead atoms. The molecule has 0 unspecified atom stereocenters. The van der Waals surface area contributed by atoms with Gasteiger partial charge < -0.3 is 10.5 Å². The molecule has 106 valence electrons. The molecule has 0 amide bonds. The summed E-state index contributed by atoms with van der Waals surface area (Å²) in [5, 5.41) is 0. The Balaban J connectivity index is 1.94. The Bertz CT molecular complexity index is 475. The van der Waals surface area contributed by atoms with Gasteiger partial charge in [0.2, 0.25) is 0 Å². The van der Waals surface area contributed by atoms with E-state index >= 15 is 0 Å². The molecule has 2 rings (SSSR count). The molecule has 0 saturated heterocycles. The lowest BCUT2D eigenvalue weighted by atomic mass is 10.0. The lowest BCUT2D eigenvalue weighted by Crippen LogP contribution is -2.04. The second-order valence-corrected chi connectivity index (χ2v) is 5.54. The molecule has 0 aliphatic carbocycles. The topological polar surface area (TPSA) is 35.2 Å². The van der Waals surface area contributed by atoms with E-state index < -0.39 is 0 Å². The van der Waals surface area contributed by atoms with Crippen molar-refractivity contribution in [3.63, 3.8) is 0 Å². The molecule has 0 fully saturated rings. The zero-order valence-electron chi connectivity index (χ0n) is 12.5. The SMILES string of the molecule is CC(C)c1ccc(COc2ccc([C@@H](C)N)cc2)cc1. The third-order valence-corrected chi connectivity index (χ3v) is 3.46. The van der Waals surface area contributed by atoms with Crippen LogP contribution in [0, 0.1) is 0 Å². The van der Waals surface area contributed by atoms with Gasteiger partial charge >= 0.3 is 0 Å². The maximum absolute atomic E-state index is 5.83. The smallest absolute Gasteiger partial charge is 0.119 e. The van der Waals surface area contributed by atoms with Crippen molar-refractivity contribution in [1.82, 2.24) is 0 Å². The first-order chi connectivity index (χ1) is 9.56. The highest BCUT2D eigenvalue weighted by atomic mass is 16.5. The molecule has 0 saturated carbocycles. The van der Waals surface area contributed by atoms with Crippen LogP contribution in [0.4, 0.5) is 0 Å². The lowest BCUT2D eigenvalue weighted by molar-refractivity contribution is 0.306. The molecular weight excluding hydrogens is 246 g/mol. The Morgan fingerprint density at radius 3 is 1.90 bits per heavy atom. The summed E-state index contributed by atoms with van der Waals surface area (Å²) in [5.41, 5.74) is 9.49. The van der Waals surface area contributed by atoms with Crippen LogP contribution in [0.25, 0.3) is 0 Å². The number of nitrogens with two attached hydrogens (primary N) is 1. The van der Waals surface area contributed by atoms with Gasteiger partial charge in [-0.25, -0.2) is 0 Å². The summed E-state index contributed by atoms with van der Waals surface area (Å²) in [5.74, 6) is 1.44. The van der Waals surface area contributed by atoms with Crippen molar-refractivity contribution in [1.29, 1.82) is 0 Å². The molecule has 2 aromatic carbocycles. The molecule has 2 nitrogen and oxygen atoms in total. The third kappa shape index (κ3) is 3.84. The van der Waals surface area contributed by atoms with Crippen LogP contribution in [-0.2, 0) is 6.61 Å². The summed E-state index contributed by atoms with van der Waals surface area (Å²) in [7, 11) is 0. The van der Waals surface area contributed by atoms with E-state index in [1.165, 1.54) is 11.1 Å². The molecule has 2 heteroatoms. The standard InChI is InChI=1S/C18H23NO/c1-13(2)16-6-4-15(5-7-16)12-20-18-10-8-17(9-11-18)14(3)19/h4-11,13-14H,12,19H2,1-3H3/t14-/m1/s1. The van der Waals surface area contributed by atoms with Gasteiger partial charge in [0.25, 0.3) is 0 Å². The molecule has 0 spiro atoms. The second-order valence-electron chi connectivity index (χ2n) is 5.54. The van der Waals surface area contributed by atoms with E-state index in [0.29, 0.717) is 12.5 Å². The fourth-order valence-electron chi connectivity index (χ4n) is 2.03. The maximum atomic E-state index is 5.83. The number of ether oxygens (including phenoxy) is 1. The van der Waals surface area contributed by atoms with Gasteiger partial charge in [-0.3, -0.25) is 0 Å². The molecule has 20 heavy (non-hydrogen) atoms. The van der Waals surface area contributed by atoms with Gasteiger partial charge in [-0.05, 0) is 41.7 Å². The zero-order chi connectivity index (χ0) is 14.5. The van der Waals surface area contributed by atoms with Crippen LogP contribution in [0.5, 0.6) is 5.75 Å². The summed E-state index contributed by atoms with van der Waals surface area (Å²) in [6.45, 7) is 6.97. The minimum atomic E-state index is 0.0626. The fraction of sp³-hybridized carbons (Fsp3) is 0.333. The van der Waals surface area contributed by atoms with Gasteiger partial charge in [-0.2, -0.15) is 0 Å². The predicted octanol–water partition coefficient (Wildman–Crippen LogP) is 4.41. The first-order valence-corrected chi connectivity index (χ1v) is 7.13. The number of hydrogen-bond donors (Lipinski definition) is 1. The molecule has 0 aliphatic heterocycles. The first-order valence-electron chi connectivity index (χ1n) is 7.13. The van der Waals surface area contributed by atoms with Gasteiger partial charge in [0.1, 0.15) is 12.4 Å². The Labute approximate surface area is 121 Å². The van der Waals surface area contributed by atoms with Crippen molar-refractivity contribution in [2.24, 2.45) is 5.73 Å². The highest BCUT2D eigenvalue weighted by Gasteiger charge is 2.01. The van der Waals surface area contributed by atoms with E-state index in [1.54, 1.807) is 0 Å². The highest BCUT2D eigenvalue weighted by molar-refractivity contribution is 5.29. The summed E-state index contributed by atoms with van der Waals surface area (Å²) >= 11 is 0. The van der Waals surface area contributed by atoms with E-state index in [4.69, 9.17) is 10.5 Å². The van der Waals surface area contributed by atoms with E-state index in [9.17, 15) is 0 Å². The van der Waals surface area contributed by atoms with Crippen LogP contribution in [-0.4, -0.2) is 0 Å². The van der Waals surface area contributed by atoms with E-state index in [1.807, 2.05) is 31.2 Å². The summed E-state index contributed by atoms with van der Waals surface area (Å²) in [4.78, 5) is 0. The normalized spacial score (nSPS) is 12.4. The van der Waals surface area contributed by atoms with Crippen molar-refractivity contribution in [3.05, 3.63) is 65.2 Å². The molecule has 0 radical (unpaired) electrons. The quantitative estimate of drug-likeness (QED) is 0.872. The minimum Gasteiger partial charge on any atom is -0.489 e. The molecule has 1 atom stereocenters. The Hall–Kier alpha value is -1.80. The third-order valence-electron chi connectivity index (χ3n) is 3.46. The monoisotopic (exact) mass is 269 g/mol. The lowest BCUT2D eigenvalue weighted by Gasteiger charge is -2.10. The van der Waals surface area contributed by atoms with Gasteiger partial charge in [-0.15, -0.1) is 0 Å². The van der Waals surface area contributed by atoms with Crippen LogP contribution < -0.4 is 10.5 Å². The van der Waals surface area contributed by atoms with E-state index in [-0.39, 0.29) is 6.04 Å². The van der Waals surface area contributed by atoms with Gasteiger partial charge in [0.15, 0.2) is 0 Å². The Morgan fingerprint density at radius 1 is 0.850 bits per heavy atom. The summed E-state index contributed by atoms with van der Waals surface area (Å²) < 4.78 is 5.79. The van der Waals surface area contributed by atoms with Crippen LogP contribution in [0.1, 0.15) is 49.4 Å². The van der Waals surface area contributed by atoms with Crippen LogP contribution in [0.3, 0.4) is 0 Å². The van der Waals surface area contributed by atoms with Crippen molar-refractivity contribution in [2.45, 2.75) is 39.3 Å². The summed E-state index contributed by atoms with van der Waals surface area (Å²) in [6.07, 6.45) is 0. The van der Waals surface area contributed by atoms with Crippen molar-refractivity contribution in [3.8, 4) is 5.75 Å². The average Bonchev–Trinajstić information content (AvgIpc) is 2.46. The van der Waals surface area contributed by atoms with Gasteiger partial charge in [0.05, 0.1) is 0 Å². The maximum Gasteiger partial charge on any atom is 0.119 e. The van der Waals surface area contributed by atoms with E-state index in [2.05, 4.69) is 38.1 Å². The molecule has 2 aromatic rings. The largest absolute Gasteiger partial charge is 0.489 e.